The highest BCUT2D eigenvalue weighted by atomic mass is 16.6. The van der Waals surface area contributed by atoms with Crippen molar-refractivity contribution in [3.8, 4) is 0 Å². The minimum Gasteiger partial charge on any atom is -0.388 e. The molecule has 2 rings (SSSR count). The third-order valence-electron chi connectivity index (χ3n) is 3.76. The summed E-state index contributed by atoms with van der Waals surface area (Å²) in [6.07, 6.45) is 1.03. The molecule has 1 aromatic rings. The molecule has 1 aliphatic rings. The molecular formula is C14H17NO4. The van der Waals surface area contributed by atoms with Gasteiger partial charge in [0.25, 0.3) is 5.69 Å². The second-order valence-corrected chi connectivity index (χ2v) is 5.25. The second-order valence-electron chi connectivity index (χ2n) is 5.25. The predicted octanol–water partition coefficient (Wildman–Crippen LogP) is 2.63. The summed E-state index contributed by atoms with van der Waals surface area (Å²) >= 11 is 0. The summed E-state index contributed by atoms with van der Waals surface area (Å²) in [6.45, 7) is 2.06. The quantitative estimate of drug-likeness (QED) is 0.671. The topological polar surface area (TPSA) is 80.4 Å². The van der Waals surface area contributed by atoms with E-state index < -0.39 is 16.9 Å². The number of non-ortho nitro benzene ring substituents is 1. The van der Waals surface area contributed by atoms with Crippen molar-refractivity contribution in [3.63, 3.8) is 0 Å². The van der Waals surface area contributed by atoms with Crippen molar-refractivity contribution in [1.29, 1.82) is 0 Å². The van der Waals surface area contributed by atoms with Crippen molar-refractivity contribution in [2.75, 3.05) is 0 Å². The zero-order valence-electron chi connectivity index (χ0n) is 10.8. The first-order valence-electron chi connectivity index (χ1n) is 6.44. The van der Waals surface area contributed by atoms with Crippen LogP contribution < -0.4 is 0 Å². The van der Waals surface area contributed by atoms with E-state index in [1.807, 2.05) is 0 Å². The van der Waals surface area contributed by atoms with Crippen molar-refractivity contribution in [2.45, 2.75) is 32.3 Å². The fraction of sp³-hybridized carbons (Fsp3) is 0.500. The molecular weight excluding hydrogens is 246 g/mol. The maximum atomic E-state index is 11.9. The summed E-state index contributed by atoms with van der Waals surface area (Å²) in [5.74, 6) is 0.0129. The number of nitro groups is 1. The first-order valence-corrected chi connectivity index (χ1v) is 6.44. The largest absolute Gasteiger partial charge is 0.388 e. The zero-order valence-corrected chi connectivity index (χ0v) is 10.8. The minimum absolute atomic E-state index is 0.0529. The summed E-state index contributed by atoms with van der Waals surface area (Å²) in [7, 11) is 0. The van der Waals surface area contributed by atoms with Gasteiger partial charge in [-0.2, -0.15) is 0 Å². The number of ketones is 1. The number of carbonyl (C=O) groups is 1. The SMILES string of the molecule is C[C@H]1CCC(=O)[C@H]([C@@H](O)c2cccc([N+](=O)[O-])c2)C1. The van der Waals surface area contributed by atoms with E-state index >= 15 is 0 Å². The standard InChI is InChI=1S/C14H17NO4/c1-9-5-6-13(16)12(7-9)14(17)10-3-2-4-11(8-10)15(18)19/h2-4,8-9,12,14,17H,5-7H2,1H3/t9-,12+,14-/m0/s1. The van der Waals surface area contributed by atoms with Gasteiger partial charge in [-0.1, -0.05) is 19.1 Å². The van der Waals surface area contributed by atoms with Crippen LogP contribution in [-0.4, -0.2) is 15.8 Å². The molecule has 0 amide bonds. The first kappa shape index (κ1) is 13.7. The van der Waals surface area contributed by atoms with Gasteiger partial charge in [0.05, 0.1) is 11.0 Å². The molecule has 1 aliphatic carbocycles. The number of Topliss-reactive ketones (excluding diaryl/α,β-unsaturated/α-hetero) is 1. The Labute approximate surface area is 111 Å². The van der Waals surface area contributed by atoms with Gasteiger partial charge in [-0.15, -0.1) is 0 Å². The molecule has 1 fully saturated rings. The van der Waals surface area contributed by atoms with Gasteiger partial charge in [-0.25, -0.2) is 0 Å². The van der Waals surface area contributed by atoms with Crippen LogP contribution in [0.3, 0.4) is 0 Å². The molecule has 0 saturated heterocycles. The highest BCUT2D eigenvalue weighted by Gasteiger charge is 2.33. The molecule has 0 radical (unpaired) electrons. The highest BCUT2D eigenvalue weighted by molar-refractivity contribution is 5.82. The Morgan fingerprint density at radius 1 is 1.47 bits per heavy atom. The number of hydrogen-bond donors (Lipinski definition) is 1. The summed E-state index contributed by atoms with van der Waals surface area (Å²) in [4.78, 5) is 22.1. The van der Waals surface area contributed by atoms with Crippen LogP contribution >= 0.6 is 0 Å². The summed E-state index contributed by atoms with van der Waals surface area (Å²) < 4.78 is 0. The Morgan fingerprint density at radius 2 is 2.21 bits per heavy atom. The summed E-state index contributed by atoms with van der Waals surface area (Å²) in [5.41, 5.74) is 0.384. The Bertz CT molecular complexity index is 500. The molecule has 0 aromatic heterocycles. The highest BCUT2D eigenvalue weighted by Crippen LogP contribution is 2.35. The third kappa shape index (κ3) is 2.98. The van der Waals surface area contributed by atoms with Crippen LogP contribution in [0, 0.1) is 22.0 Å². The summed E-state index contributed by atoms with van der Waals surface area (Å²) in [5, 5.41) is 21.0. The van der Waals surface area contributed by atoms with E-state index in [0.717, 1.165) is 6.42 Å². The van der Waals surface area contributed by atoms with Gasteiger partial charge in [-0.05, 0) is 24.3 Å². The number of benzene rings is 1. The lowest BCUT2D eigenvalue weighted by atomic mass is 9.77. The van der Waals surface area contributed by atoms with E-state index in [1.165, 1.54) is 18.2 Å². The zero-order chi connectivity index (χ0) is 14.0. The van der Waals surface area contributed by atoms with Crippen LogP contribution in [0.4, 0.5) is 5.69 Å². The van der Waals surface area contributed by atoms with E-state index in [9.17, 15) is 20.0 Å². The average Bonchev–Trinajstić information content (AvgIpc) is 2.41. The molecule has 0 heterocycles. The Balaban J connectivity index is 2.23. The van der Waals surface area contributed by atoms with Crippen molar-refractivity contribution >= 4 is 11.5 Å². The molecule has 0 aliphatic heterocycles. The van der Waals surface area contributed by atoms with Gasteiger partial charge in [-0.3, -0.25) is 14.9 Å². The van der Waals surface area contributed by atoms with Gasteiger partial charge < -0.3 is 5.11 Å². The van der Waals surface area contributed by atoms with Crippen molar-refractivity contribution in [3.05, 3.63) is 39.9 Å². The molecule has 0 bridgehead atoms. The van der Waals surface area contributed by atoms with Crippen molar-refractivity contribution < 1.29 is 14.8 Å². The normalized spacial score (nSPS) is 25.1. The third-order valence-corrected chi connectivity index (χ3v) is 3.76. The molecule has 0 unspecified atom stereocenters. The molecule has 1 N–H and O–H groups in total. The second kappa shape index (κ2) is 5.48. The molecule has 1 saturated carbocycles. The smallest absolute Gasteiger partial charge is 0.269 e. The minimum atomic E-state index is -0.949. The molecule has 19 heavy (non-hydrogen) atoms. The number of nitrogens with zero attached hydrogens (tertiary/aromatic N) is 1. The number of rotatable bonds is 3. The van der Waals surface area contributed by atoms with Gasteiger partial charge in [0.2, 0.25) is 0 Å². The molecule has 102 valence electrons. The number of hydrogen-bond acceptors (Lipinski definition) is 4. The predicted molar refractivity (Wildman–Crippen MR) is 69.6 cm³/mol. The van der Waals surface area contributed by atoms with Crippen LogP contribution in [-0.2, 0) is 4.79 Å². The number of aliphatic hydroxyl groups excluding tert-OH is 1. The number of carbonyl (C=O) groups excluding carboxylic acids is 1. The fourth-order valence-corrected chi connectivity index (χ4v) is 2.62. The van der Waals surface area contributed by atoms with E-state index in [2.05, 4.69) is 6.92 Å². The van der Waals surface area contributed by atoms with Crippen molar-refractivity contribution in [1.82, 2.24) is 0 Å². The summed E-state index contributed by atoms with van der Waals surface area (Å²) in [6, 6.07) is 5.89. The number of aliphatic hydroxyl groups is 1. The molecule has 1 aromatic carbocycles. The first-order chi connectivity index (χ1) is 8.99. The van der Waals surface area contributed by atoms with Gasteiger partial charge in [0, 0.05) is 24.5 Å². The van der Waals surface area contributed by atoms with Crippen LogP contribution in [0.1, 0.15) is 37.9 Å². The van der Waals surface area contributed by atoms with E-state index in [1.54, 1.807) is 6.07 Å². The monoisotopic (exact) mass is 263 g/mol. The lowest BCUT2D eigenvalue weighted by Gasteiger charge is -2.29. The lowest BCUT2D eigenvalue weighted by Crippen LogP contribution is -2.29. The van der Waals surface area contributed by atoms with Crippen LogP contribution in [0.15, 0.2) is 24.3 Å². The molecule has 5 heteroatoms. The molecule has 3 atom stereocenters. The van der Waals surface area contributed by atoms with Gasteiger partial charge in [0.1, 0.15) is 5.78 Å². The van der Waals surface area contributed by atoms with Crippen LogP contribution in [0.2, 0.25) is 0 Å². The molecule has 5 nitrogen and oxygen atoms in total. The van der Waals surface area contributed by atoms with Crippen molar-refractivity contribution in [2.24, 2.45) is 11.8 Å². The van der Waals surface area contributed by atoms with Crippen LogP contribution in [0.5, 0.6) is 0 Å². The Morgan fingerprint density at radius 3 is 2.89 bits per heavy atom. The lowest BCUT2D eigenvalue weighted by molar-refractivity contribution is -0.385. The van der Waals surface area contributed by atoms with Crippen LogP contribution in [0.25, 0.3) is 0 Å². The van der Waals surface area contributed by atoms with Gasteiger partial charge in [0.15, 0.2) is 0 Å². The average molecular weight is 263 g/mol. The van der Waals surface area contributed by atoms with Gasteiger partial charge >= 0.3 is 0 Å². The maximum Gasteiger partial charge on any atom is 0.269 e. The number of nitro benzene ring substituents is 1. The van der Waals surface area contributed by atoms with E-state index in [4.69, 9.17) is 0 Å². The maximum absolute atomic E-state index is 11.9. The van der Waals surface area contributed by atoms with E-state index in [-0.39, 0.29) is 11.5 Å². The Hall–Kier alpha value is -1.75. The fourth-order valence-electron chi connectivity index (χ4n) is 2.62. The Kier molecular flexibility index (Phi) is 3.95. The van der Waals surface area contributed by atoms with E-state index in [0.29, 0.717) is 24.3 Å². The molecule has 0 spiro atoms.